The average Bonchev–Trinajstić information content (AvgIpc) is 2.94. The van der Waals surface area contributed by atoms with Gasteiger partial charge >= 0.3 is 10.1 Å². The number of aryl methyl sites for hydroxylation is 2. The molecule has 1 amide bonds. The van der Waals surface area contributed by atoms with Crippen molar-refractivity contribution in [2.24, 2.45) is 5.10 Å². The third kappa shape index (κ3) is 7.36. The van der Waals surface area contributed by atoms with E-state index in [-0.39, 0.29) is 22.3 Å². The van der Waals surface area contributed by atoms with Crippen LogP contribution in [0.3, 0.4) is 0 Å². The maximum Gasteiger partial charge on any atom is 0.339 e. The van der Waals surface area contributed by atoms with Gasteiger partial charge in [0.25, 0.3) is 0 Å². The Morgan fingerprint density at radius 2 is 1.60 bits per heavy atom. The maximum atomic E-state index is 13.2. The van der Waals surface area contributed by atoms with Gasteiger partial charge < -0.3 is 8.92 Å². The molecule has 1 unspecified atom stereocenters. The van der Waals surface area contributed by atoms with Gasteiger partial charge in [0.15, 0.2) is 11.5 Å². The summed E-state index contributed by atoms with van der Waals surface area (Å²) in [6.45, 7) is 6.00. The van der Waals surface area contributed by atoms with Gasteiger partial charge in [-0.1, -0.05) is 72.3 Å². The van der Waals surface area contributed by atoms with Gasteiger partial charge in [-0.2, -0.15) is 13.5 Å². The number of nitrogens with zero attached hydrogens (tertiary/aromatic N) is 1. The lowest BCUT2D eigenvalue weighted by Crippen LogP contribution is -2.27. The largest absolute Gasteiger partial charge is 0.490 e. The van der Waals surface area contributed by atoms with Crippen molar-refractivity contribution in [1.82, 2.24) is 5.43 Å². The van der Waals surface area contributed by atoms with Crippen molar-refractivity contribution in [1.29, 1.82) is 0 Å². The van der Waals surface area contributed by atoms with Crippen LogP contribution >= 0.6 is 0 Å². The van der Waals surface area contributed by atoms with Crippen LogP contribution in [0.25, 0.3) is 0 Å². The summed E-state index contributed by atoms with van der Waals surface area (Å²) in [7, 11) is -4.05. The number of carbonyl (C=O) groups is 1. The Morgan fingerprint density at radius 1 is 0.900 bits per heavy atom. The summed E-state index contributed by atoms with van der Waals surface area (Å²) in [5.74, 6) is -0.359. The number of carbonyl (C=O) groups excluding carboxylic acids is 1. The molecule has 0 saturated heterocycles. The van der Waals surface area contributed by atoms with E-state index >= 15 is 0 Å². The zero-order valence-electron chi connectivity index (χ0n) is 22.7. The normalized spacial score (nSPS) is 12.2. The van der Waals surface area contributed by atoms with Crippen LogP contribution < -0.4 is 14.3 Å². The number of benzene rings is 4. The van der Waals surface area contributed by atoms with E-state index in [9.17, 15) is 13.2 Å². The van der Waals surface area contributed by atoms with Gasteiger partial charge in [0.1, 0.15) is 4.90 Å². The molecule has 0 aromatic heterocycles. The highest BCUT2D eigenvalue weighted by Crippen LogP contribution is 2.31. The molecule has 0 fully saturated rings. The minimum Gasteiger partial charge on any atom is -0.490 e. The first-order valence-corrected chi connectivity index (χ1v) is 14.4. The summed E-state index contributed by atoms with van der Waals surface area (Å²) in [6.07, 6.45) is 2.02. The van der Waals surface area contributed by atoms with Crippen LogP contribution in [0.5, 0.6) is 11.5 Å². The van der Waals surface area contributed by atoms with Gasteiger partial charge in [0.05, 0.1) is 18.7 Å². The molecule has 0 spiro atoms. The SMILES string of the molecule is CCOc1cc(/C=N/NC(=O)C(Cc2ccccc2C)c2ccccc2)ccc1OS(=O)(=O)c1ccc(C)cc1. The van der Waals surface area contributed by atoms with E-state index < -0.39 is 16.0 Å². The summed E-state index contributed by atoms with van der Waals surface area (Å²) in [4.78, 5) is 13.3. The minimum absolute atomic E-state index is 0.0487. The molecule has 0 bridgehead atoms. The Hall–Kier alpha value is -4.43. The number of ether oxygens (including phenoxy) is 1. The molecular formula is C32H32N2O5S. The van der Waals surface area contributed by atoms with E-state index in [0.29, 0.717) is 18.6 Å². The molecule has 7 nitrogen and oxygen atoms in total. The molecule has 0 saturated carbocycles. The van der Waals surface area contributed by atoms with Crippen molar-refractivity contribution in [3.05, 3.63) is 125 Å². The van der Waals surface area contributed by atoms with E-state index in [0.717, 1.165) is 22.3 Å². The average molecular weight is 557 g/mol. The maximum absolute atomic E-state index is 13.2. The molecule has 206 valence electrons. The summed E-state index contributed by atoms with van der Waals surface area (Å²) >= 11 is 0. The highest BCUT2D eigenvalue weighted by Gasteiger charge is 2.22. The zero-order valence-corrected chi connectivity index (χ0v) is 23.5. The molecule has 0 heterocycles. The van der Waals surface area contributed by atoms with Crippen molar-refractivity contribution < 1.29 is 22.1 Å². The highest BCUT2D eigenvalue weighted by molar-refractivity contribution is 7.87. The topological polar surface area (TPSA) is 94.1 Å². The summed E-state index contributed by atoms with van der Waals surface area (Å²) in [6, 6.07) is 28.8. The number of hydrogen-bond acceptors (Lipinski definition) is 6. The third-order valence-corrected chi connectivity index (χ3v) is 7.62. The Morgan fingerprint density at radius 3 is 2.30 bits per heavy atom. The summed E-state index contributed by atoms with van der Waals surface area (Å²) in [5, 5.41) is 4.17. The van der Waals surface area contributed by atoms with Crippen molar-refractivity contribution in [2.45, 2.75) is 38.0 Å². The van der Waals surface area contributed by atoms with Crippen molar-refractivity contribution in [3.8, 4) is 11.5 Å². The lowest BCUT2D eigenvalue weighted by molar-refractivity contribution is -0.122. The van der Waals surface area contributed by atoms with Crippen molar-refractivity contribution in [2.75, 3.05) is 6.61 Å². The molecule has 0 aliphatic carbocycles. The molecule has 1 N–H and O–H groups in total. The number of rotatable bonds is 11. The van der Waals surface area contributed by atoms with Gasteiger partial charge in [-0.05, 0) is 79.8 Å². The van der Waals surface area contributed by atoms with Gasteiger partial charge in [-0.15, -0.1) is 0 Å². The quantitative estimate of drug-likeness (QED) is 0.140. The van der Waals surface area contributed by atoms with Gasteiger partial charge in [0, 0.05) is 0 Å². The lowest BCUT2D eigenvalue weighted by Gasteiger charge is -2.17. The van der Waals surface area contributed by atoms with E-state index in [1.807, 2.05) is 68.4 Å². The van der Waals surface area contributed by atoms with Crippen LogP contribution in [0.4, 0.5) is 0 Å². The molecule has 4 aromatic carbocycles. The second-order valence-corrected chi connectivity index (χ2v) is 10.9. The minimum atomic E-state index is -4.05. The molecule has 40 heavy (non-hydrogen) atoms. The molecule has 1 atom stereocenters. The van der Waals surface area contributed by atoms with Crippen molar-refractivity contribution in [3.63, 3.8) is 0 Å². The second kappa shape index (κ2) is 13.1. The number of nitrogens with one attached hydrogen (secondary N) is 1. The monoisotopic (exact) mass is 556 g/mol. The molecule has 4 rings (SSSR count). The van der Waals surface area contributed by atoms with Gasteiger partial charge in [-0.3, -0.25) is 4.79 Å². The van der Waals surface area contributed by atoms with Crippen LogP contribution in [0.15, 0.2) is 107 Å². The second-order valence-electron chi connectivity index (χ2n) is 9.32. The van der Waals surface area contributed by atoms with Crippen LogP contribution in [0.2, 0.25) is 0 Å². The predicted octanol–water partition coefficient (Wildman–Crippen LogP) is 5.95. The Kier molecular flexibility index (Phi) is 9.35. The summed E-state index contributed by atoms with van der Waals surface area (Å²) in [5.41, 5.74) is 7.31. The number of amides is 1. The van der Waals surface area contributed by atoms with Crippen LogP contribution in [0, 0.1) is 13.8 Å². The molecule has 0 radical (unpaired) electrons. The predicted molar refractivity (Wildman–Crippen MR) is 156 cm³/mol. The number of hydrazone groups is 1. The van der Waals surface area contributed by atoms with E-state index in [1.54, 1.807) is 31.2 Å². The molecule has 0 aliphatic heterocycles. The third-order valence-electron chi connectivity index (χ3n) is 6.37. The highest BCUT2D eigenvalue weighted by atomic mass is 32.2. The molecule has 8 heteroatoms. The first-order valence-electron chi connectivity index (χ1n) is 13.0. The van der Waals surface area contributed by atoms with E-state index in [4.69, 9.17) is 8.92 Å². The van der Waals surface area contributed by atoms with Crippen LogP contribution in [0.1, 0.15) is 40.7 Å². The zero-order chi connectivity index (χ0) is 28.5. The van der Waals surface area contributed by atoms with Gasteiger partial charge in [-0.25, -0.2) is 5.43 Å². The van der Waals surface area contributed by atoms with E-state index in [2.05, 4.69) is 10.5 Å². The first kappa shape index (κ1) is 28.6. The van der Waals surface area contributed by atoms with E-state index in [1.165, 1.54) is 24.4 Å². The fourth-order valence-corrected chi connectivity index (χ4v) is 5.11. The molecule has 4 aromatic rings. The van der Waals surface area contributed by atoms with Crippen LogP contribution in [-0.4, -0.2) is 27.1 Å². The molecule has 0 aliphatic rings. The van der Waals surface area contributed by atoms with Crippen LogP contribution in [-0.2, 0) is 21.3 Å². The Labute approximate surface area is 235 Å². The summed E-state index contributed by atoms with van der Waals surface area (Å²) < 4.78 is 36.6. The molecular weight excluding hydrogens is 524 g/mol. The smallest absolute Gasteiger partial charge is 0.339 e. The Bertz CT molecular complexity index is 1580. The van der Waals surface area contributed by atoms with Crippen molar-refractivity contribution >= 4 is 22.2 Å². The first-order chi connectivity index (χ1) is 19.3. The van der Waals surface area contributed by atoms with Gasteiger partial charge in [0.2, 0.25) is 5.91 Å². The standard InChI is InChI=1S/C32H32N2O5S/c1-4-38-31-20-25(16-19-30(31)39-40(36,37)28-17-14-23(2)15-18-28)22-33-34-32(35)29(26-11-6-5-7-12-26)21-27-13-9-8-10-24(27)3/h5-20,22,29H,4,21H2,1-3H3,(H,34,35)/b33-22+. The number of hydrogen-bond donors (Lipinski definition) is 1. The fraction of sp³-hybridized carbons (Fsp3) is 0.188. The Balaban J connectivity index is 1.50. The lowest BCUT2D eigenvalue weighted by atomic mass is 9.90. The fourth-order valence-electron chi connectivity index (χ4n) is 4.17.